The summed E-state index contributed by atoms with van der Waals surface area (Å²) in [5, 5.41) is 0. The molecule has 1 aliphatic heterocycles. The van der Waals surface area contributed by atoms with Crippen LogP contribution in [0.15, 0.2) is 36.4 Å². The molecule has 86 valence electrons. The van der Waals surface area contributed by atoms with Gasteiger partial charge in [-0.25, -0.2) is 9.69 Å². The minimum atomic E-state index is -0.686. The van der Waals surface area contributed by atoms with Gasteiger partial charge in [-0.3, -0.25) is 9.59 Å². The molecular weight excluding hydrogens is 224 g/mol. The average Bonchev–Trinajstić information content (AvgIpc) is 2.68. The van der Waals surface area contributed by atoms with E-state index < -0.39 is 17.8 Å². The van der Waals surface area contributed by atoms with Gasteiger partial charge in [0.25, 0.3) is 11.8 Å². The minimum absolute atomic E-state index is 0.239. The Hall–Kier alpha value is -2.47. The first-order valence-electron chi connectivity index (χ1n) is 4.71. The van der Waals surface area contributed by atoms with Gasteiger partial charge in [-0.15, -0.1) is 0 Å². The zero-order valence-corrected chi connectivity index (χ0v) is 8.62. The number of hydrogen-bond donors (Lipinski definition) is 1. The van der Waals surface area contributed by atoms with Crippen molar-refractivity contribution in [2.75, 3.05) is 4.90 Å². The number of nitrogens with zero attached hydrogens (tertiary/aromatic N) is 1. The van der Waals surface area contributed by atoms with Crippen LogP contribution in [0.1, 0.15) is 10.4 Å². The lowest BCUT2D eigenvalue weighted by Crippen LogP contribution is -2.29. The van der Waals surface area contributed by atoms with E-state index in [4.69, 9.17) is 5.90 Å². The summed E-state index contributed by atoms with van der Waals surface area (Å²) in [4.78, 5) is 38.8. The first kappa shape index (κ1) is 11.0. The van der Waals surface area contributed by atoms with E-state index in [2.05, 4.69) is 4.84 Å². The smallest absolute Gasteiger partial charge is 0.356 e. The van der Waals surface area contributed by atoms with Crippen LogP contribution >= 0.6 is 0 Å². The molecule has 6 heteroatoms. The van der Waals surface area contributed by atoms with Gasteiger partial charge in [-0.1, -0.05) is 0 Å². The van der Waals surface area contributed by atoms with Crippen molar-refractivity contribution in [3.8, 4) is 0 Å². The summed E-state index contributed by atoms with van der Waals surface area (Å²) in [5.41, 5.74) is 0.627. The number of benzene rings is 1. The third-order valence-electron chi connectivity index (χ3n) is 2.28. The van der Waals surface area contributed by atoms with Gasteiger partial charge in [0, 0.05) is 12.2 Å². The first-order valence-corrected chi connectivity index (χ1v) is 4.71. The molecule has 0 saturated carbocycles. The predicted octanol–water partition coefficient (Wildman–Crippen LogP) is 0.146. The minimum Gasteiger partial charge on any atom is -0.370 e. The molecule has 1 aromatic rings. The molecule has 0 saturated heterocycles. The molecule has 2 amide bonds. The fourth-order valence-corrected chi connectivity index (χ4v) is 1.47. The van der Waals surface area contributed by atoms with E-state index in [0.29, 0.717) is 5.69 Å². The summed E-state index contributed by atoms with van der Waals surface area (Å²) < 4.78 is 0. The molecule has 6 nitrogen and oxygen atoms in total. The van der Waals surface area contributed by atoms with Gasteiger partial charge in [-0.05, 0) is 24.3 Å². The highest BCUT2D eigenvalue weighted by Crippen LogP contribution is 2.19. The van der Waals surface area contributed by atoms with Gasteiger partial charge < -0.3 is 4.84 Å². The van der Waals surface area contributed by atoms with Crippen molar-refractivity contribution >= 4 is 23.5 Å². The molecule has 2 rings (SSSR count). The Morgan fingerprint density at radius 3 is 2.06 bits per heavy atom. The number of amides is 2. The highest BCUT2D eigenvalue weighted by molar-refractivity contribution is 6.28. The van der Waals surface area contributed by atoms with Gasteiger partial charge in [0.05, 0.1) is 11.3 Å². The Balaban J connectivity index is 2.27. The quantitative estimate of drug-likeness (QED) is 0.579. The van der Waals surface area contributed by atoms with Crippen LogP contribution in [-0.4, -0.2) is 17.8 Å². The van der Waals surface area contributed by atoms with Crippen molar-refractivity contribution in [3.63, 3.8) is 0 Å². The number of nitrogens with two attached hydrogens (primary N) is 1. The second-order valence-electron chi connectivity index (χ2n) is 3.30. The lowest BCUT2D eigenvalue weighted by Gasteiger charge is -2.13. The van der Waals surface area contributed by atoms with Gasteiger partial charge in [-0.2, -0.15) is 5.90 Å². The summed E-state index contributed by atoms with van der Waals surface area (Å²) in [6.45, 7) is 0. The number of carbonyl (C=O) groups excluding carboxylic acids is 3. The molecule has 1 aliphatic rings. The van der Waals surface area contributed by atoms with Crippen LogP contribution in [0.2, 0.25) is 0 Å². The SMILES string of the molecule is NOC(=O)c1ccc(N2C(=O)C=CC2=O)cc1. The van der Waals surface area contributed by atoms with Gasteiger partial charge in [0.2, 0.25) is 0 Å². The van der Waals surface area contributed by atoms with Gasteiger partial charge in [0.1, 0.15) is 0 Å². The van der Waals surface area contributed by atoms with E-state index in [0.717, 1.165) is 4.90 Å². The van der Waals surface area contributed by atoms with Crippen LogP contribution < -0.4 is 10.8 Å². The van der Waals surface area contributed by atoms with Crippen LogP contribution in [0.5, 0.6) is 0 Å². The third kappa shape index (κ3) is 1.93. The van der Waals surface area contributed by atoms with E-state index in [9.17, 15) is 14.4 Å². The van der Waals surface area contributed by atoms with E-state index >= 15 is 0 Å². The van der Waals surface area contributed by atoms with Crippen LogP contribution in [0.3, 0.4) is 0 Å². The molecule has 0 radical (unpaired) electrons. The van der Waals surface area contributed by atoms with Crippen molar-refractivity contribution in [3.05, 3.63) is 42.0 Å². The van der Waals surface area contributed by atoms with Gasteiger partial charge >= 0.3 is 5.97 Å². The maximum absolute atomic E-state index is 11.4. The summed E-state index contributed by atoms with van der Waals surface area (Å²) >= 11 is 0. The van der Waals surface area contributed by atoms with Crippen molar-refractivity contribution in [1.82, 2.24) is 0 Å². The summed E-state index contributed by atoms with van der Waals surface area (Å²) in [5.74, 6) is 3.22. The summed E-state index contributed by atoms with van der Waals surface area (Å²) in [7, 11) is 0. The third-order valence-corrected chi connectivity index (χ3v) is 2.28. The molecule has 1 heterocycles. The highest BCUT2D eigenvalue weighted by atomic mass is 16.7. The number of carbonyl (C=O) groups is 3. The van der Waals surface area contributed by atoms with E-state index in [1.54, 1.807) is 0 Å². The maximum atomic E-state index is 11.4. The largest absolute Gasteiger partial charge is 0.370 e. The standard InChI is InChI=1S/C11H8N2O4/c12-17-11(16)7-1-3-8(4-2-7)13-9(14)5-6-10(13)15/h1-6H,12H2. The molecule has 17 heavy (non-hydrogen) atoms. The lowest BCUT2D eigenvalue weighted by molar-refractivity contribution is -0.119. The maximum Gasteiger partial charge on any atom is 0.356 e. The highest BCUT2D eigenvalue weighted by Gasteiger charge is 2.25. The molecule has 1 aromatic carbocycles. The average molecular weight is 232 g/mol. The van der Waals surface area contributed by atoms with Crippen molar-refractivity contribution in [1.29, 1.82) is 0 Å². The molecule has 0 aliphatic carbocycles. The van der Waals surface area contributed by atoms with Crippen LogP contribution in [0.25, 0.3) is 0 Å². The normalized spacial score (nSPS) is 14.3. The summed E-state index contributed by atoms with van der Waals surface area (Å²) in [6, 6.07) is 5.77. The molecule has 0 fully saturated rings. The van der Waals surface area contributed by atoms with Crippen molar-refractivity contribution in [2.24, 2.45) is 5.90 Å². The molecule has 0 spiro atoms. The van der Waals surface area contributed by atoms with Gasteiger partial charge in [0.15, 0.2) is 0 Å². The van der Waals surface area contributed by atoms with E-state index in [1.165, 1.54) is 36.4 Å². The van der Waals surface area contributed by atoms with Crippen molar-refractivity contribution in [2.45, 2.75) is 0 Å². The van der Waals surface area contributed by atoms with Crippen LogP contribution in [0.4, 0.5) is 5.69 Å². The monoisotopic (exact) mass is 232 g/mol. The zero-order chi connectivity index (χ0) is 12.4. The fourth-order valence-electron chi connectivity index (χ4n) is 1.47. The van der Waals surface area contributed by atoms with Crippen LogP contribution in [-0.2, 0) is 14.4 Å². The van der Waals surface area contributed by atoms with Crippen molar-refractivity contribution < 1.29 is 19.2 Å². The molecule has 0 bridgehead atoms. The second kappa shape index (κ2) is 4.18. The number of imide groups is 1. The molecular formula is C11H8N2O4. The summed E-state index contributed by atoms with van der Waals surface area (Å²) in [6.07, 6.45) is 2.37. The Morgan fingerprint density at radius 2 is 1.59 bits per heavy atom. The second-order valence-corrected chi connectivity index (χ2v) is 3.30. The zero-order valence-electron chi connectivity index (χ0n) is 8.62. The number of anilines is 1. The molecule has 0 atom stereocenters. The first-order chi connectivity index (χ1) is 8.13. The molecule has 0 aromatic heterocycles. The Bertz CT molecular complexity index is 501. The molecule has 0 unspecified atom stereocenters. The molecule has 2 N–H and O–H groups in total. The number of rotatable bonds is 2. The fraction of sp³-hybridized carbons (Fsp3) is 0. The Labute approximate surface area is 96.2 Å². The Kier molecular flexibility index (Phi) is 2.71. The topological polar surface area (TPSA) is 89.7 Å². The predicted molar refractivity (Wildman–Crippen MR) is 57.7 cm³/mol. The van der Waals surface area contributed by atoms with E-state index in [-0.39, 0.29) is 5.56 Å². The Morgan fingerprint density at radius 1 is 1.06 bits per heavy atom. The number of hydrogen-bond acceptors (Lipinski definition) is 5. The lowest BCUT2D eigenvalue weighted by atomic mass is 10.2. The van der Waals surface area contributed by atoms with Crippen LogP contribution in [0, 0.1) is 0 Å². The van der Waals surface area contributed by atoms with E-state index in [1.807, 2.05) is 0 Å².